The third-order valence-electron chi connectivity index (χ3n) is 27.2. The van der Waals surface area contributed by atoms with Crippen molar-refractivity contribution in [1.29, 1.82) is 0 Å². The molecule has 11 aliphatic rings. The summed E-state index contributed by atoms with van der Waals surface area (Å²) in [5, 5.41) is 318. The monoisotopic (exact) mass is 2150 g/mol. The molecule has 11 unspecified atom stereocenters. The molecule has 0 bridgehead atoms. The lowest BCUT2D eigenvalue weighted by molar-refractivity contribution is -0.389. The number of aliphatic hydroxyl groups excluding tert-OH is 26. The molecule has 61 heteroatoms. The minimum Gasteiger partial charge on any atom is -0.480 e. The predicted molar refractivity (Wildman–Crippen MR) is 471 cm³/mol. The molecular weight excluding hydrogens is 2020 g/mol. The second-order valence-electron chi connectivity index (χ2n) is 37.4. The van der Waals surface area contributed by atoms with Crippen molar-refractivity contribution in [1.82, 2.24) is 31.9 Å². The molecule has 10 heterocycles. The van der Waals surface area contributed by atoms with Gasteiger partial charge in [0.15, 0.2) is 68.9 Å². The maximum atomic E-state index is 13.5. The molecule has 10 saturated heterocycles. The van der Waals surface area contributed by atoms with Gasteiger partial charge in [0.1, 0.15) is 250 Å². The van der Waals surface area contributed by atoms with Crippen LogP contribution in [-0.4, -0.2) is 572 Å². The van der Waals surface area contributed by atoms with E-state index >= 15 is 0 Å². The number of carbonyl (C=O) groups excluding carboxylic acids is 6. The summed E-state index contributed by atoms with van der Waals surface area (Å²) in [6.07, 6.45) is -94.7. The molecule has 13 rings (SSSR count). The van der Waals surface area contributed by atoms with E-state index in [4.69, 9.17) is 99.5 Å². The average Bonchev–Trinajstić information content (AvgIpc) is 1.74. The zero-order valence-corrected chi connectivity index (χ0v) is 80.1. The van der Waals surface area contributed by atoms with Crippen LogP contribution in [0, 0.1) is 0 Å². The van der Waals surface area contributed by atoms with Gasteiger partial charge in [0.2, 0.25) is 29.5 Å². The summed E-state index contributed by atoms with van der Waals surface area (Å²) in [6.45, 7) is -7.72. The number of carbonyl (C=O) groups is 7. The predicted octanol–water partition coefficient (Wildman–Crippen LogP) is -19.1. The number of carboxylic acid groups (broad SMARTS) is 1. The minimum absolute atomic E-state index is 0.267. The summed E-state index contributed by atoms with van der Waals surface area (Å²) in [5.41, 5.74) is 3.40. The molecule has 10 aliphatic heterocycles. The van der Waals surface area contributed by atoms with Gasteiger partial charge >= 0.3 is 12.1 Å². The highest BCUT2D eigenvalue weighted by atomic mass is 16.8. The molecule has 0 radical (unpaired) electrons. The lowest BCUT2D eigenvalue weighted by Crippen LogP contribution is -2.71. The Morgan fingerprint density at radius 3 is 0.799 bits per heavy atom. The lowest BCUT2D eigenvalue weighted by atomic mass is 9.93. The molecule has 0 saturated carbocycles. The molecule has 2 aromatic carbocycles. The Morgan fingerprint density at radius 2 is 0.510 bits per heavy atom. The fourth-order valence-electron chi connectivity index (χ4n) is 19.7. The van der Waals surface area contributed by atoms with Crippen molar-refractivity contribution < 1.29 is 271 Å². The lowest BCUT2D eigenvalue weighted by Gasteiger charge is -2.51. The number of aliphatic hydroxyl groups is 26. The van der Waals surface area contributed by atoms with Gasteiger partial charge in [0.25, 0.3) is 0 Å². The van der Waals surface area contributed by atoms with E-state index in [2.05, 4.69) is 31.9 Å². The van der Waals surface area contributed by atoms with Crippen LogP contribution in [-0.2, 0) is 128 Å². The molecule has 0 spiro atoms. The molecule has 61 nitrogen and oxygen atoms in total. The summed E-state index contributed by atoms with van der Waals surface area (Å²) in [6, 6.07) is 3.10. The van der Waals surface area contributed by atoms with Gasteiger partial charge in [-0.1, -0.05) is 48.5 Å². The molecule has 1 aliphatic carbocycles. The molecular formula is C88H132N6O55. The van der Waals surface area contributed by atoms with Crippen LogP contribution in [0.2, 0.25) is 0 Å². The van der Waals surface area contributed by atoms with Crippen LogP contribution in [0.4, 0.5) is 4.79 Å². The summed E-state index contributed by atoms with van der Waals surface area (Å²) >= 11 is 0. The van der Waals surface area contributed by atoms with Crippen molar-refractivity contribution in [2.75, 3.05) is 79.3 Å². The largest absolute Gasteiger partial charge is 0.480 e. The van der Waals surface area contributed by atoms with Crippen molar-refractivity contribution in [2.24, 2.45) is 0 Å². The maximum absolute atomic E-state index is 13.5. The number of ether oxygens (including phenoxy) is 21. The first-order valence-electron chi connectivity index (χ1n) is 47.6. The van der Waals surface area contributed by atoms with Crippen LogP contribution in [0.25, 0.3) is 11.1 Å². The summed E-state index contributed by atoms with van der Waals surface area (Å²) in [5.74, 6) is -6.90. The molecule has 33 N–H and O–H groups in total. The van der Waals surface area contributed by atoms with E-state index in [1.165, 1.54) is 0 Å². The summed E-state index contributed by atoms with van der Waals surface area (Å²) < 4.78 is 125. The molecule has 51 atom stereocenters. The molecule has 0 aromatic heterocycles. The highest BCUT2D eigenvalue weighted by Crippen LogP contribution is 2.46. The number of fused-ring (bicyclic) bond motifs is 3. The van der Waals surface area contributed by atoms with E-state index in [1.54, 1.807) is 12.1 Å². The molecule has 2 aromatic rings. The van der Waals surface area contributed by atoms with E-state index < -0.39 is 433 Å². The van der Waals surface area contributed by atoms with E-state index in [1.807, 2.05) is 36.4 Å². The van der Waals surface area contributed by atoms with Crippen LogP contribution in [0.1, 0.15) is 51.7 Å². The van der Waals surface area contributed by atoms with Crippen molar-refractivity contribution >= 4 is 41.6 Å². The number of amides is 6. The number of rotatable bonds is 40. The Labute approximate surface area is 844 Å². The Bertz CT molecular complexity index is 4630. The van der Waals surface area contributed by atoms with Gasteiger partial charge in [-0.2, -0.15) is 0 Å². The second kappa shape index (κ2) is 52.5. The standard InChI is InChI=1S/C88H132N6O55/c1-26(104)89-47-57(114)69(42(19-100)137-79(47)130-25-46-73(146-84-65(122)63(120)53(110)38(15-96)133-84)58(115)48(90-27(2)105)78(141-46)129-24-36(77(126)127)94-88(128)131-23-35-33-12-8-6-10-31(33)32-11-7-9-13-34(32)35)143-85-66(123)74(54(111)39(16-97)134-85)148-81-50(92-29(4)107)60(117)71(44(21-102)139-81)145-87-68(125)76(56(113)41(18-99)136-87)149-82-51(93-30(5)108)61(118)72(45(22-103)140-82)144-86-67(124)75(55(112)40(17-98)135-86)147-80-49(91-28(3)106)59(116)70(43(20-101)138-80)142-83-64(121)62(119)52(109)37(14-95)132-83/h6-13,35-76,78-87,95-103,109-125H,14-25H2,1-5H3,(H,89,104)(H,90,105)(H,91,106)(H,92,107)(H,93,108)(H,94,128)(H,126,127)/t36?,37-,38-,39-,40-,41-,42-,43-,44-,45-,46-,47-,48-,49-,50-,51-,52+,53+,54+,55+,56+,57-,58-,59-,60-,61-,62+,63?,64-,65-,66-,67-,68-,69-,70-,71-,72-,73?,74+,75+,76+,78-,79?,80?,81?,82?,83?,84+,85?,86?,87?/m1/s1. The van der Waals surface area contributed by atoms with E-state index in [0.29, 0.717) is 0 Å². The number of alkyl carbamates (subject to hydrolysis) is 1. The Kier molecular flexibility index (Phi) is 41.8. The first kappa shape index (κ1) is 119. The van der Waals surface area contributed by atoms with E-state index in [9.17, 15) is 171 Å². The van der Waals surface area contributed by atoms with E-state index in [0.717, 1.165) is 56.9 Å². The Hall–Kier alpha value is -7.31. The van der Waals surface area contributed by atoms with E-state index in [-0.39, 0.29) is 6.61 Å². The van der Waals surface area contributed by atoms with Gasteiger partial charge in [0.05, 0.1) is 72.7 Å². The molecule has 10 fully saturated rings. The summed E-state index contributed by atoms with van der Waals surface area (Å²) in [4.78, 5) is 91.7. The fourth-order valence-corrected chi connectivity index (χ4v) is 19.7. The van der Waals surface area contributed by atoms with Gasteiger partial charge < -0.3 is 269 Å². The van der Waals surface area contributed by atoms with Gasteiger partial charge in [-0.25, -0.2) is 9.59 Å². The van der Waals surface area contributed by atoms with Gasteiger partial charge in [-0.3, -0.25) is 24.0 Å². The SMILES string of the molecule is CC(=O)N[C@H]1[C@H](OCC(NC(=O)OCC2c3ccccc3-c3ccccc32)C(=O)O)O[C@H](COC2O[C@H](CO)[C@@H](OC3O[C@H](CO)[C@H](O)[C@H](OC4O[C@H](CO)[C@@H](OC5O[C@H](CO)[C@H](O)[C@H](OC6O[C@H](CO)[C@@H](OC7O[C@H](CO)[C@H](O)[C@H](OC8O[C@H](CO)[C@@H](OC9O[C@H](CO)[C@H](O)[C@H](O)[C@H]9O)[C@H](O)[C@H]8NC(C)=O)[C@H]7O)[C@H](O)[C@H]6NC(C)=O)[C@H]5O)[C@H](O)[C@H]4NC(C)=O)[C@H]3O)[C@H](O)[C@H]2NC(C)=O)C(O[C@@H]2O[C@H](CO)[C@H](O)C(O)[C@H]2O)[C@@H]1O. The number of benzene rings is 2. The van der Waals surface area contributed by atoms with Crippen LogP contribution in [0.5, 0.6) is 0 Å². The third-order valence-corrected chi connectivity index (χ3v) is 27.2. The van der Waals surface area contributed by atoms with Crippen LogP contribution < -0.4 is 31.9 Å². The molecule has 6 amide bonds. The Morgan fingerprint density at radius 1 is 0.268 bits per heavy atom. The average molecular weight is 2150 g/mol. The minimum atomic E-state index is -2.43. The van der Waals surface area contributed by atoms with Crippen LogP contribution in [0.3, 0.4) is 0 Å². The third kappa shape index (κ3) is 26.5. The number of carboxylic acids is 1. The smallest absolute Gasteiger partial charge is 0.407 e. The van der Waals surface area contributed by atoms with Gasteiger partial charge in [-0.05, 0) is 22.3 Å². The molecule has 149 heavy (non-hydrogen) atoms. The van der Waals surface area contributed by atoms with Crippen molar-refractivity contribution in [3.63, 3.8) is 0 Å². The number of hydrogen-bond donors (Lipinski definition) is 33. The maximum Gasteiger partial charge on any atom is 0.407 e. The topological polar surface area (TPSA) is 932 Å². The van der Waals surface area contributed by atoms with Crippen LogP contribution >= 0.6 is 0 Å². The van der Waals surface area contributed by atoms with Crippen molar-refractivity contribution in [3.8, 4) is 11.1 Å². The Balaban J connectivity index is 0.680. The highest BCUT2D eigenvalue weighted by Gasteiger charge is 2.63. The van der Waals surface area contributed by atoms with Gasteiger partial charge in [-0.15, -0.1) is 0 Å². The van der Waals surface area contributed by atoms with Crippen LogP contribution in [0.15, 0.2) is 48.5 Å². The van der Waals surface area contributed by atoms with Gasteiger partial charge in [0, 0.05) is 40.5 Å². The zero-order valence-electron chi connectivity index (χ0n) is 80.1. The number of nitrogens with one attached hydrogen (secondary N) is 6. The second-order valence-corrected chi connectivity index (χ2v) is 37.4. The number of hydrogen-bond acceptors (Lipinski definition) is 54. The highest BCUT2D eigenvalue weighted by molar-refractivity contribution is 5.81. The van der Waals surface area contributed by atoms with Crippen molar-refractivity contribution in [2.45, 2.75) is 353 Å². The first-order chi connectivity index (χ1) is 70.9. The summed E-state index contributed by atoms with van der Waals surface area (Å²) in [7, 11) is 0. The first-order valence-corrected chi connectivity index (χ1v) is 47.6. The number of aliphatic carboxylic acids is 1. The van der Waals surface area contributed by atoms with Crippen molar-refractivity contribution in [3.05, 3.63) is 59.7 Å². The quantitative estimate of drug-likeness (QED) is 0.0295. The molecule has 844 valence electrons. The normalized spacial score (nSPS) is 43.2. The zero-order chi connectivity index (χ0) is 109. The fraction of sp³-hybridized carbons (Fsp3) is 0.784.